The number of hydrogen-bond acceptors (Lipinski definition) is 2. The molecule has 2 aromatic rings. The molecule has 2 heteroatoms. The smallest absolute Gasteiger partial charge is 0.150 e. The highest BCUT2D eigenvalue weighted by Gasteiger charge is 2.52. The molecule has 1 unspecified atom stereocenters. The number of carbonyl (C=O) groups is 1. The molecular formula is C17H17NO. The zero-order valence-corrected chi connectivity index (χ0v) is 11.0. The summed E-state index contributed by atoms with van der Waals surface area (Å²) in [5, 5.41) is 0. The first kappa shape index (κ1) is 12.1. The first-order chi connectivity index (χ1) is 9.24. The van der Waals surface area contributed by atoms with Crippen molar-refractivity contribution < 1.29 is 4.79 Å². The summed E-state index contributed by atoms with van der Waals surface area (Å²) in [4.78, 5) is 16.8. The molecule has 0 N–H and O–H groups in total. The van der Waals surface area contributed by atoms with E-state index in [-0.39, 0.29) is 11.3 Å². The van der Waals surface area contributed by atoms with Crippen LogP contribution in [0.1, 0.15) is 36.8 Å². The molecular weight excluding hydrogens is 234 g/mol. The van der Waals surface area contributed by atoms with Gasteiger partial charge in [0, 0.05) is 18.3 Å². The van der Waals surface area contributed by atoms with Crippen molar-refractivity contribution in [3.05, 3.63) is 66.0 Å². The molecule has 1 heterocycles. The van der Waals surface area contributed by atoms with Crippen LogP contribution in [0.15, 0.2) is 54.9 Å². The highest BCUT2D eigenvalue weighted by molar-refractivity contribution is 5.97. The third kappa shape index (κ3) is 2.07. The van der Waals surface area contributed by atoms with E-state index in [0.29, 0.717) is 5.78 Å². The van der Waals surface area contributed by atoms with Crippen LogP contribution in [0.2, 0.25) is 0 Å². The number of hydrogen-bond donors (Lipinski definition) is 0. The first-order valence-electron chi connectivity index (χ1n) is 6.74. The maximum atomic E-state index is 12.8. The van der Waals surface area contributed by atoms with Crippen LogP contribution in [0.4, 0.5) is 0 Å². The summed E-state index contributed by atoms with van der Waals surface area (Å²) in [6.07, 6.45) is 5.46. The predicted octanol–water partition coefficient (Wildman–Crippen LogP) is 3.49. The lowest BCUT2D eigenvalue weighted by molar-refractivity contribution is -0.122. The predicted molar refractivity (Wildman–Crippen MR) is 75.0 cm³/mol. The van der Waals surface area contributed by atoms with Gasteiger partial charge in [-0.25, -0.2) is 0 Å². The van der Waals surface area contributed by atoms with E-state index in [9.17, 15) is 4.79 Å². The summed E-state index contributed by atoms with van der Waals surface area (Å²) >= 11 is 0. The van der Waals surface area contributed by atoms with E-state index < -0.39 is 0 Å². The molecule has 0 bridgehead atoms. The van der Waals surface area contributed by atoms with Gasteiger partial charge in [-0.2, -0.15) is 0 Å². The quantitative estimate of drug-likeness (QED) is 0.832. The van der Waals surface area contributed by atoms with Crippen molar-refractivity contribution in [2.24, 2.45) is 0 Å². The van der Waals surface area contributed by atoms with Crippen molar-refractivity contribution in [1.82, 2.24) is 4.98 Å². The molecule has 19 heavy (non-hydrogen) atoms. The minimum absolute atomic E-state index is 0.0642. The van der Waals surface area contributed by atoms with Crippen LogP contribution >= 0.6 is 0 Å². The molecule has 3 rings (SSSR count). The SMILES string of the molecule is CC(C(=O)C1(c2ccccc2)CC1)c1ccncc1. The second-order valence-corrected chi connectivity index (χ2v) is 5.31. The normalized spacial score (nSPS) is 17.7. The van der Waals surface area contributed by atoms with Gasteiger partial charge in [-0.05, 0) is 36.1 Å². The summed E-state index contributed by atoms with van der Waals surface area (Å²) in [6.45, 7) is 2.00. The van der Waals surface area contributed by atoms with E-state index in [1.54, 1.807) is 12.4 Å². The van der Waals surface area contributed by atoms with Gasteiger partial charge < -0.3 is 0 Å². The summed E-state index contributed by atoms with van der Waals surface area (Å²) in [7, 11) is 0. The Bertz CT molecular complexity index is 573. The number of aromatic nitrogens is 1. The second kappa shape index (κ2) is 4.61. The largest absolute Gasteiger partial charge is 0.298 e. The number of Topliss-reactive ketones (excluding diaryl/α,β-unsaturated/α-hetero) is 1. The Hall–Kier alpha value is -1.96. The van der Waals surface area contributed by atoms with Gasteiger partial charge >= 0.3 is 0 Å². The van der Waals surface area contributed by atoms with Crippen LogP contribution in [0.3, 0.4) is 0 Å². The topological polar surface area (TPSA) is 30.0 Å². The summed E-state index contributed by atoms with van der Waals surface area (Å²) in [5.41, 5.74) is 1.99. The standard InChI is InChI=1S/C17H17NO/c1-13(14-7-11-18-12-8-14)16(19)17(9-10-17)15-5-3-2-4-6-15/h2-8,11-13H,9-10H2,1H3. The molecule has 0 aliphatic heterocycles. The minimum atomic E-state index is -0.232. The second-order valence-electron chi connectivity index (χ2n) is 5.31. The highest BCUT2D eigenvalue weighted by atomic mass is 16.1. The summed E-state index contributed by atoms with van der Waals surface area (Å²) < 4.78 is 0. The fourth-order valence-corrected chi connectivity index (χ4v) is 2.78. The molecule has 96 valence electrons. The van der Waals surface area contributed by atoms with Crippen LogP contribution < -0.4 is 0 Å². The number of nitrogens with zero attached hydrogens (tertiary/aromatic N) is 1. The fraction of sp³-hybridized carbons (Fsp3) is 0.294. The summed E-state index contributed by atoms with van der Waals surface area (Å²) in [6, 6.07) is 14.0. The Kier molecular flexibility index (Phi) is 2.94. The Labute approximate surface area is 113 Å². The van der Waals surface area contributed by atoms with Gasteiger partial charge in [0.05, 0.1) is 5.41 Å². The fourth-order valence-electron chi connectivity index (χ4n) is 2.78. The maximum Gasteiger partial charge on any atom is 0.150 e. The van der Waals surface area contributed by atoms with Crippen molar-refractivity contribution in [2.45, 2.75) is 31.1 Å². The van der Waals surface area contributed by atoms with Crippen LogP contribution in [0, 0.1) is 0 Å². The number of benzene rings is 1. The van der Waals surface area contributed by atoms with Crippen molar-refractivity contribution in [3.8, 4) is 0 Å². The van der Waals surface area contributed by atoms with Gasteiger partial charge in [-0.15, -0.1) is 0 Å². The van der Waals surface area contributed by atoms with Crippen molar-refractivity contribution >= 4 is 5.78 Å². The Morgan fingerprint density at radius 2 is 1.74 bits per heavy atom. The number of rotatable bonds is 4. The lowest BCUT2D eigenvalue weighted by Crippen LogP contribution is -2.25. The van der Waals surface area contributed by atoms with Crippen LogP contribution in [-0.4, -0.2) is 10.8 Å². The average molecular weight is 251 g/mol. The van der Waals surface area contributed by atoms with Crippen molar-refractivity contribution in [3.63, 3.8) is 0 Å². The molecule has 1 aliphatic rings. The van der Waals surface area contributed by atoms with E-state index in [1.807, 2.05) is 37.3 Å². The molecule has 1 saturated carbocycles. The van der Waals surface area contributed by atoms with E-state index in [4.69, 9.17) is 0 Å². The molecule has 1 aliphatic carbocycles. The molecule has 0 saturated heterocycles. The third-order valence-electron chi connectivity index (χ3n) is 4.15. The Morgan fingerprint density at radius 1 is 1.11 bits per heavy atom. The van der Waals surface area contributed by atoms with Gasteiger partial charge in [0.25, 0.3) is 0 Å². The number of ketones is 1. The number of pyridine rings is 1. The maximum absolute atomic E-state index is 12.8. The Morgan fingerprint density at radius 3 is 2.32 bits per heavy atom. The molecule has 1 atom stereocenters. The van der Waals surface area contributed by atoms with Gasteiger partial charge in [0.1, 0.15) is 0 Å². The first-order valence-corrected chi connectivity index (χ1v) is 6.74. The molecule has 2 nitrogen and oxygen atoms in total. The van der Waals surface area contributed by atoms with Crippen molar-refractivity contribution in [1.29, 1.82) is 0 Å². The lowest BCUT2D eigenvalue weighted by atomic mass is 9.82. The van der Waals surface area contributed by atoms with Gasteiger partial charge in [-0.3, -0.25) is 9.78 Å². The lowest BCUT2D eigenvalue weighted by Gasteiger charge is -2.19. The zero-order chi connectivity index (χ0) is 13.3. The van der Waals surface area contributed by atoms with E-state index in [2.05, 4.69) is 17.1 Å². The molecule has 1 fully saturated rings. The van der Waals surface area contributed by atoms with Crippen LogP contribution in [-0.2, 0) is 10.2 Å². The van der Waals surface area contributed by atoms with E-state index in [0.717, 1.165) is 18.4 Å². The number of carbonyl (C=O) groups excluding carboxylic acids is 1. The van der Waals surface area contributed by atoms with Gasteiger partial charge in [0.15, 0.2) is 5.78 Å². The average Bonchev–Trinajstić information content (AvgIpc) is 3.29. The van der Waals surface area contributed by atoms with E-state index >= 15 is 0 Å². The van der Waals surface area contributed by atoms with Crippen LogP contribution in [0.25, 0.3) is 0 Å². The van der Waals surface area contributed by atoms with Gasteiger partial charge in [0.2, 0.25) is 0 Å². The monoisotopic (exact) mass is 251 g/mol. The third-order valence-corrected chi connectivity index (χ3v) is 4.15. The molecule has 1 aromatic carbocycles. The highest BCUT2D eigenvalue weighted by Crippen LogP contribution is 2.51. The van der Waals surface area contributed by atoms with Crippen LogP contribution in [0.5, 0.6) is 0 Å². The zero-order valence-electron chi connectivity index (χ0n) is 11.0. The minimum Gasteiger partial charge on any atom is -0.298 e. The molecule has 0 amide bonds. The summed E-state index contributed by atoms with van der Waals surface area (Å²) in [5.74, 6) is 0.274. The van der Waals surface area contributed by atoms with E-state index in [1.165, 1.54) is 5.56 Å². The Balaban J connectivity index is 1.89. The molecule has 0 radical (unpaired) electrons. The van der Waals surface area contributed by atoms with Gasteiger partial charge in [-0.1, -0.05) is 37.3 Å². The van der Waals surface area contributed by atoms with Crippen molar-refractivity contribution in [2.75, 3.05) is 0 Å². The molecule has 0 spiro atoms. The molecule has 1 aromatic heterocycles.